The van der Waals surface area contributed by atoms with Crippen LogP contribution in [0.5, 0.6) is 0 Å². The van der Waals surface area contributed by atoms with E-state index in [-0.39, 0.29) is 5.69 Å². The molecule has 1 radical (unpaired) electrons. The maximum absolute atomic E-state index is 10.6. The molecule has 0 saturated heterocycles. The van der Waals surface area contributed by atoms with Gasteiger partial charge in [-0.1, -0.05) is 6.92 Å². The minimum Gasteiger partial charge on any atom is -0.261 e. The Morgan fingerprint density at radius 1 is 1.47 bits per heavy atom. The Labute approximate surface area is 98.3 Å². The van der Waals surface area contributed by atoms with Crippen LogP contribution in [0.2, 0.25) is 0 Å². The summed E-state index contributed by atoms with van der Waals surface area (Å²) in [5.74, 6) is 0. The van der Waals surface area contributed by atoms with Crippen molar-refractivity contribution in [1.29, 1.82) is 0 Å². The van der Waals surface area contributed by atoms with Gasteiger partial charge in [-0.3, -0.25) is 15.1 Å². The number of pyridine rings is 2. The maximum atomic E-state index is 10.6. The molecule has 0 aliphatic heterocycles. The van der Waals surface area contributed by atoms with E-state index in [9.17, 15) is 10.1 Å². The standard InChI is InChI=1S/C12H10N3O2/c1-2-11-5-9(3-4-14-11)10-6-12(15(16)17)8-13-7-10/h3-6,8H,2H2,1H3. The minimum atomic E-state index is -0.466. The van der Waals surface area contributed by atoms with E-state index in [2.05, 4.69) is 16.2 Å². The van der Waals surface area contributed by atoms with Crippen LogP contribution in [-0.2, 0) is 6.42 Å². The average Bonchev–Trinajstić information content (AvgIpc) is 2.39. The molecule has 5 nitrogen and oxygen atoms in total. The summed E-state index contributed by atoms with van der Waals surface area (Å²) >= 11 is 0. The predicted octanol–water partition coefficient (Wildman–Crippen LogP) is 2.41. The Morgan fingerprint density at radius 3 is 3.00 bits per heavy atom. The van der Waals surface area contributed by atoms with Crippen molar-refractivity contribution in [2.45, 2.75) is 13.3 Å². The lowest BCUT2D eigenvalue weighted by molar-refractivity contribution is -0.385. The number of aromatic nitrogens is 2. The monoisotopic (exact) mass is 228 g/mol. The third-order valence-corrected chi connectivity index (χ3v) is 2.37. The Bertz CT molecular complexity index is 555. The van der Waals surface area contributed by atoms with Crippen LogP contribution in [0.3, 0.4) is 0 Å². The summed E-state index contributed by atoms with van der Waals surface area (Å²) in [6.45, 7) is 2.00. The van der Waals surface area contributed by atoms with Gasteiger partial charge in [0.1, 0.15) is 6.20 Å². The van der Waals surface area contributed by atoms with Crippen LogP contribution in [0.1, 0.15) is 12.6 Å². The van der Waals surface area contributed by atoms with Gasteiger partial charge in [-0.15, -0.1) is 0 Å². The Hall–Kier alpha value is -2.30. The van der Waals surface area contributed by atoms with Gasteiger partial charge in [-0.05, 0) is 24.1 Å². The fourth-order valence-corrected chi connectivity index (χ4v) is 1.47. The molecule has 0 amide bonds. The van der Waals surface area contributed by atoms with Crippen molar-refractivity contribution in [3.05, 3.63) is 52.6 Å². The largest absolute Gasteiger partial charge is 0.288 e. The molecule has 0 spiro atoms. The van der Waals surface area contributed by atoms with Gasteiger partial charge >= 0.3 is 0 Å². The molecule has 0 bridgehead atoms. The molecule has 0 unspecified atom stereocenters. The lowest BCUT2D eigenvalue weighted by atomic mass is 10.1. The Balaban J connectivity index is 2.45. The zero-order valence-electron chi connectivity index (χ0n) is 9.25. The highest BCUT2D eigenvalue weighted by Crippen LogP contribution is 2.22. The highest BCUT2D eigenvalue weighted by Gasteiger charge is 2.08. The van der Waals surface area contributed by atoms with Crippen LogP contribution >= 0.6 is 0 Å². The number of aryl methyl sites for hydroxylation is 1. The van der Waals surface area contributed by atoms with E-state index in [1.807, 2.05) is 13.0 Å². The van der Waals surface area contributed by atoms with E-state index in [0.717, 1.165) is 17.7 Å². The lowest BCUT2D eigenvalue weighted by Gasteiger charge is -2.02. The molecule has 0 fully saturated rings. The van der Waals surface area contributed by atoms with E-state index in [1.54, 1.807) is 12.3 Å². The number of hydrogen-bond acceptors (Lipinski definition) is 4. The molecule has 85 valence electrons. The van der Waals surface area contributed by atoms with Crippen molar-refractivity contribution >= 4 is 5.69 Å². The first-order valence-corrected chi connectivity index (χ1v) is 5.18. The molecule has 0 saturated carbocycles. The third-order valence-electron chi connectivity index (χ3n) is 2.37. The van der Waals surface area contributed by atoms with Gasteiger partial charge in [0.05, 0.1) is 11.1 Å². The van der Waals surface area contributed by atoms with Gasteiger partial charge in [-0.25, -0.2) is 4.98 Å². The molecule has 2 aromatic rings. The van der Waals surface area contributed by atoms with E-state index in [1.165, 1.54) is 12.3 Å². The van der Waals surface area contributed by atoms with Gasteiger partial charge < -0.3 is 0 Å². The highest BCUT2D eigenvalue weighted by atomic mass is 16.6. The molecular weight excluding hydrogens is 218 g/mol. The molecule has 0 aliphatic rings. The van der Waals surface area contributed by atoms with Crippen molar-refractivity contribution < 1.29 is 4.92 Å². The van der Waals surface area contributed by atoms with Crippen LogP contribution in [0.25, 0.3) is 11.1 Å². The second-order valence-corrected chi connectivity index (χ2v) is 3.50. The fraction of sp³-hybridized carbons (Fsp3) is 0.167. The van der Waals surface area contributed by atoms with Crippen molar-refractivity contribution in [1.82, 2.24) is 9.97 Å². The Kier molecular flexibility index (Phi) is 3.09. The molecule has 2 heterocycles. The molecule has 2 aromatic heterocycles. The van der Waals surface area contributed by atoms with E-state index >= 15 is 0 Å². The van der Waals surface area contributed by atoms with Gasteiger partial charge in [0.15, 0.2) is 0 Å². The van der Waals surface area contributed by atoms with Gasteiger partial charge in [-0.2, -0.15) is 0 Å². The van der Waals surface area contributed by atoms with Crippen molar-refractivity contribution in [3.63, 3.8) is 0 Å². The topological polar surface area (TPSA) is 68.9 Å². The number of hydrogen-bond donors (Lipinski definition) is 0. The zero-order chi connectivity index (χ0) is 12.3. The minimum absolute atomic E-state index is 0.0337. The molecule has 0 aliphatic carbocycles. The van der Waals surface area contributed by atoms with Crippen molar-refractivity contribution in [2.24, 2.45) is 0 Å². The maximum Gasteiger partial charge on any atom is 0.288 e. The fourth-order valence-electron chi connectivity index (χ4n) is 1.47. The lowest BCUT2D eigenvalue weighted by Crippen LogP contribution is -1.92. The molecule has 5 heteroatoms. The van der Waals surface area contributed by atoms with Crippen molar-refractivity contribution in [2.75, 3.05) is 0 Å². The third kappa shape index (κ3) is 2.44. The molecule has 17 heavy (non-hydrogen) atoms. The summed E-state index contributed by atoms with van der Waals surface area (Å²) in [7, 11) is 0. The smallest absolute Gasteiger partial charge is 0.261 e. The summed E-state index contributed by atoms with van der Waals surface area (Å²) in [5, 5.41) is 10.6. The SMILES string of the molecule is CCc1cc(-c2[c]ncc([N+](=O)[O-])c2)ccn1. The van der Waals surface area contributed by atoms with Crippen molar-refractivity contribution in [3.8, 4) is 11.1 Å². The molecule has 2 rings (SSSR count). The summed E-state index contributed by atoms with van der Waals surface area (Å²) in [5.41, 5.74) is 2.35. The van der Waals surface area contributed by atoms with Crippen LogP contribution in [0, 0.1) is 16.3 Å². The second-order valence-electron chi connectivity index (χ2n) is 3.50. The van der Waals surface area contributed by atoms with E-state index < -0.39 is 4.92 Å². The van der Waals surface area contributed by atoms with Crippen LogP contribution < -0.4 is 0 Å². The normalized spacial score (nSPS) is 10.2. The molecule has 0 aromatic carbocycles. The van der Waals surface area contributed by atoms with E-state index in [4.69, 9.17) is 0 Å². The van der Waals surface area contributed by atoms with Crippen LogP contribution in [-0.4, -0.2) is 14.9 Å². The molecule has 0 atom stereocenters. The average molecular weight is 228 g/mol. The quantitative estimate of drug-likeness (QED) is 0.597. The first kappa shape index (κ1) is 11.2. The molecular formula is C12H10N3O2. The number of nitro groups is 1. The zero-order valence-corrected chi connectivity index (χ0v) is 9.25. The number of rotatable bonds is 3. The van der Waals surface area contributed by atoms with Crippen LogP contribution in [0.4, 0.5) is 5.69 Å². The summed E-state index contributed by atoms with van der Waals surface area (Å²) in [6.07, 6.45) is 6.43. The first-order chi connectivity index (χ1) is 8.20. The van der Waals surface area contributed by atoms with Gasteiger partial charge in [0.2, 0.25) is 0 Å². The summed E-state index contributed by atoms with van der Waals surface area (Å²) in [4.78, 5) is 18.1. The van der Waals surface area contributed by atoms with Crippen LogP contribution in [0.15, 0.2) is 30.6 Å². The summed E-state index contributed by atoms with van der Waals surface area (Å²) < 4.78 is 0. The van der Waals surface area contributed by atoms with Gasteiger partial charge in [0.25, 0.3) is 5.69 Å². The number of nitrogens with zero attached hydrogens (tertiary/aromatic N) is 3. The highest BCUT2D eigenvalue weighted by molar-refractivity contribution is 5.64. The molecule has 0 N–H and O–H groups in total. The second kappa shape index (κ2) is 4.69. The first-order valence-electron chi connectivity index (χ1n) is 5.18. The summed E-state index contributed by atoms with van der Waals surface area (Å²) in [6, 6.07) is 5.13. The predicted molar refractivity (Wildman–Crippen MR) is 62.3 cm³/mol. The Morgan fingerprint density at radius 2 is 2.29 bits per heavy atom. The van der Waals surface area contributed by atoms with E-state index in [0.29, 0.717) is 5.56 Å². The van der Waals surface area contributed by atoms with Gasteiger partial charge in [0, 0.05) is 23.5 Å².